The van der Waals surface area contributed by atoms with Crippen molar-refractivity contribution in [3.05, 3.63) is 59.2 Å². The highest BCUT2D eigenvalue weighted by Gasteiger charge is 2.56. The maximum absolute atomic E-state index is 14.5. The topological polar surface area (TPSA) is 191 Å². The molecule has 4 heterocycles. The maximum atomic E-state index is 14.5. The monoisotopic (exact) mass is 898 g/mol. The van der Waals surface area contributed by atoms with E-state index in [1.807, 2.05) is 26.0 Å². The number of cyclic esters (lactones) is 1. The van der Waals surface area contributed by atoms with Crippen LogP contribution in [0.2, 0.25) is 0 Å². The molecule has 15 heteroatoms. The lowest BCUT2D eigenvalue weighted by Gasteiger charge is -2.47. The number of carbonyl (C=O) groups is 4. The van der Waals surface area contributed by atoms with Crippen molar-refractivity contribution in [1.29, 1.82) is 0 Å². The van der Waals surface area contributed by atoms with Gasteiger partial charge in [-0.2, -0.15) is 0 Å². The van der Waals surface area contributed by atoms with E-state index in [1.54, 1.807) is 40.0 Å². The number of piperidine rings is 1. The van der Waals surface area contributed by atoms with Gasteiger partial charge in [0.05, 0.1) is 36.7 Å². The highest BCUT2D eigenvalue weighted by Crippen LogP contribution is 2.39. The van der Waals surface area contributed by atoms with Crippen LogP contribution < -0.4 is 0 Å². The van der Waals surface area contributed by atoms with Crippen LogP contribution in [0.15, 0.2) is 47.8 Å². The van der Waals surface area contributed by atoms with Gasteiger partial charge in [-0.25, -0.2) is 9.18 Å². The number of aliphatic hydroxyl groups excluding tert-OH is 2. The summed E-state index contributed by atoms with van der Waals surface area (Å²) >= 11 is 0. The number of esters is 1. The molecule has 2 bridgehead atoms. The van der Waals surface area contributed by atoms with Gasteiger partial charge in [0.2, 0.25) is 5.79 Å². The summed E-state index contributed by atoms with van der Waals surface area (Å²) in [6, 6.07) is 0.353. The van der Waals surface area contributed by atoms with E-state index in [-0.39, 0.29) is 49.8 Å². The first-order chi connectivity index (χ1) is 30.4. The van der Waals surface area contributed by atoms with Gasteiger partial charge < -0.3 is 43.9 Å². The fourth-order valence-electron chi connectivity index (χ4n) is 10.1. The van der Waals surface area contributed by atoms with Crippen LogP contribution >= 0.6 is 0 Å². The minimum absolute atomic E-state index is 0.0529. The largest absolute Gasteiger partial charge is 0.456 e. The molecular formula is C49H71FN2O12. The van der Waals surface area contributed by atoms with Crippen molar-refractivity contribution < 1.29 is 62.6 Å². The Bertz CT molecular complexity index is 1870. The van der Waals surface area contributed by atoms with Crippen LogP contribution in [0.5, 0.6) is 0 Å². The van der Waals surface area contributed by atoms with Gasteiger partial charge in [0.1, 0.15) is 29.9 Å². The van der Waals surface area contributed by atoms with E-state index in [0.717, 1.165) is 16.7 Å². The molecule has 1 saturated carbocycles. The third-order valence-corrected chi connectivity index (χ3v) is 13.9. The third-order valence-electron chi connectivity index (χ3n) is 13.9. The number of hydrogen-bond donors (Lipinski definition) is 3. The number of pyridine rings is 1. The standard InChI is InChI=1S/C49H71FN2O12/c1-28-20-29(2)22-42(61-7)45-43(62-8)24-31(4)49(59,64-45)46(56)47(57)52-19-10-9-14-37(52)48(58)63-44(30(3)23-33-15-16-38(53)41(25-33)60-6)32(5)39(54)26-40(55)35(21-28)13-11-12-34-17-18-51-27-36(34)50/h11-12,17-18,21,23,27,29,31-33,35,37-39,41-45,53-54,59H,9-10,13-16,19-20,22,24-26H2,1-8H3/b12-11+,28-21+,30-23+/t29-,31+,32+,33-,35+,37-,38+,39-,41+,42-,43-,44+,45+,49+/m0/s1. The molecule has 1 aromatic heterocycles. The summed E-state index contributed by atoms with van der Waals surface area (Å²) in [6.45, 7) is 9.09. The fourth-order valence-corrected chi connectivity index (χ4v) is 10.1. The van der Waals surface area contributed by atoms with Gasteiger partial charge in [-0.3, -0.25) is 19.4 Å². The van der Waals surface area contributed by atoms with E-state index in [4.69, 9.17) is 23.7 Å². The Kier molecular flexibility index (Phi) is 18.6. The normalized spacial score (nSPS) is 37.9. The number of fused-ring (bicyclic) bond motifs is 3. The molecule has 14 nitrogen and oxygen atoms in total. The first-order valence-corrected chi connectivity index (χ1v) is 23.0. The van der Waals surface area contributed by atoms with E-state index >= 15 is 0 Å². The average Bonchev–Trinajstić information content (AvgIpc) is 3.27. The second-order valence-electron chi connectivity index (χ2n) is 18.8. The second kappa shape index (κ2) is 23.2. The lowest BCUT2D eigenvalue weighted by molar-refractivity contribution is -0.302. The predicted octanol–water partition coefficient (Wildman–Crippen LogP) is 5.70. The zero-order valence-electron chi connectivity index (χ0n) is 38.8. The minimum Gasteiger partial charge on any atom is -0.456 e. The van der Waals surface area contributed by atoms with E-state index in [2.05, 4.69) is 4.98 Å². The SMILES string of the molecule is CO[C@H]1C[C@@H](C)C/C(C)=C/[C@@H](C/C=C/c2ccncc2F)C(=O)C[C@H](O)[C@@H](C)[C@@H](/C(C)=C/[C@@H]2CC[C@@H](O)[C@H](OC)C2)OC(=O)[C@@H]2CCCCN2C(=O)C(=O)[C@]2(O)O[C@H]1[C@@H](OC)C[C@H]2C. The van der Waals surface area contributed by atoms with Crippen LogP contribution in [0.4, 0.5) is 4.39 Å². The number of allylic oxidation sites excluding steroid dienone is 4. The zero-order chi connectivity index (χ0) is 46.9. The van der Waals surface area contributed by atoms with Gasteiger partial charge in [0.25, 0.3) is 11.7 Å². The van der Waals surface area contributed by atoms with Crippen LogP contribution in [-0.2, 0) is 42.9 Å². The summed E-state index contributed by atoms with van der Waals surface area (Å²) in [4.78, 5) is 62.4. The molecule has 0 unspecified atom stereocenters. The van der Waals surface area contributed by atoms with Crippen LogP contribution in [-0.4, -0.2) is 131 Å². The Hall–Kier alpha value is -3.70. The fraction of sp³-hybridized carbons (Fsp3) is 0.694. The number of Topliss-reactive ketones (excluding diaryl/α,β-unsaturated/α-hetero) is 2. The highest BCUT2D eigenvalue weighted by molar-refractivity contribution is 6.39. The molecule has 3 aliphatic heterocycles. The summed E-state index contributed by atoms with van der Waals surface area (Å²) in [6.07, 6.45) is 8.13. The molecule has 356 valence electrons. The van der Waals surface area contributed by atoms with Crippen molar-refractivity contribution in [2.45, 2.75) is 160 Å². The molecule has 2 saturated heterocycles. The van der Waals surface area contributed by atoms with Crippen molar-refractivity contribution in [2.75, 3.05) is 27.9 Å². The van der Waals surface area contributed by atoms with E-state index in [0.29, 0.717) is 56.1 Å². The summed E-state index contributed by atoms with van der Waals surface area (Å²) < 4.78 is 44.4. The number of methoxy groups -OCH3 is 3. The number of aromatic nitrogens is 1. The molecule has 14 atom stereocenters. The number of nitrogens with zero attached hydrogens (tertiary/aromatic N) is 2. The van der Waals surface area contributed by atoms with Crippen LogP contribution in [0.3, 0.4) is 0 Å². The van der Waals surface area contributed by atoms with E-state index < -0.39 is 95.8 Å². The Labute approximate surface area is 377 Å². The number of ether oxygens (including phenoxy) is 5. The lowest BCUT2D eigenvalue weighted by atomic mass is 9.81. The number of hydrogen-bond acceptors (Lipinski definition) is 13. The van der Waals surface area contributed by atoms with E-state index in [1.165, 1.54) is 26.5 Å². The Balaban J connectivity index is 1.56. The zero-order valence-corrected chi connectivity index (χ0v) is 38.8. The quantitative estimate of drug-likeness (QED) is 0.164. The number of aliphatic hydroxyl groups is 3. The van der Waals surface area contributed by atoms with Gasteiger partial charge in [-0.15, -0.1) is 0 Å². The molecule has 3 N–H and O–H groups in total. The van der Waals surface area contributed by atoms with Crippen LogP contribution in [0.1, 0.15) is 111 Å². The van der Waals surface area contributed by atoms with Gasteiger partial charge >= 0.3 is 5.97 Å². The summed E-state index contributed by atoms with van der Waals surface area (Å²) in [5, 5.41) is 34.5. The van der Waals surface area contributed by atoms with Gasteiger partial charge in [0.15, 0.2) is 0 Å². The smallest absolute Gasteiger partial charge is 0.329 e. The van der Waals surface area contributed by atoms with Crippen molar-refractivity contribution in [3.63, 3.8) is 0 Å². The molecule has 0 aromatic carbocycles. The van der Waals surface area contributed by atoms with Crippen molar-refractivity contribution in [1.82, 2.24) is 9.88 Å². The second-order valence-corrected chi connectivity index (χ2v) is 18.8. The van der Waals surface area contributed by atoms with Crippen LogP contribution in [0.25, 0.3) is 6.08 Å². The number of ketones is 2. The third kappa shape index (κ3) is 12.4. The molecule has 3 fully saturated rings. The first kappa shape index (κ1) is 51.3. The first-order valence-electron chi connectivity index (χ1n) is 23.0. The Morgan fingerprint density at radius 1 is 0.953 bits per heavy atom. The molecule has 1 amide bonds. The molecule has 4 aliphatic rings. The summed E-state index contributed by atoms with van der Waals surface area (Å²) in [5.41, 5.74) is 1.81. The molecule has 1 aromatic rings. The maximum Gasteiger partial charge on any atom is 0.329 e. The number of amides is 1. The van der Waals surface area contributed by atoms with Crippen LogP contribution in [0, 0.1) is 35.4 Å². The predicted molar refractivity (Wildman–Crippen MR) is 236 cm³/mol. The van der Waals surface area contributed by atoms with Crippen molar-refractivity contribution in [3.8, 4) is 0 Å². The summed E-state index contributed by atoms with van der Waals surface area (Å²) in [7, 11) is 4.56. The summed E-state index contributed by atoms with van der Waals surface area (Å²) in [5.74, 6) is -8.88. The Morgan fingerprint density at radius 3 is 2.34 bits per heavy atom. The number of carbonyl (C=O) groups excluding carboxylic acids is 4. The number of halogens is 1. The molecule has 64 heavy (non-hydrogen) atoms. The number of rotatable bonds is 8. The molecular weight excluding hydrogens is 828 g/mol. The van der Waals surface area contributed by atoms with Gasteiger partial charge in [-0.1, -0.05) is 50.6 Å². The van der Waals surface area contributed by atoms with Gasteiger partial charge in [-0.05, 0) is 102 Å². The molecule has 0 spiro atoms. The molecule has 0 radical (unpaired) electrons. The Morgan fingerprint density at radius 2 is 1.66 bits per heavy atom. The van der Waals surface area contributed by atoms with E-state index in [9.17, 15) is 38.9 Å². The van der Waals surface area contributed by atoms with Gasteiger partial charge in [0, 0.05) is 63.8 Å². The molecule has 1 aliphatic carbocycles. The van der Waals surface area contributed by atoms with Crippen molar-refractivity contribution >= 4 is 29.5 Å². The van der Waals surface area contributed by atoms with Crippen molar-refractivity contribution in [2.24, 2.45) is 29.6 Å². The minimum atomic E-state index is -2.55. The molecule has 5 rings (SSSR count). The average molecular weight is 899 g/mol. The highest BCUT2D eigenvalue weighted by atomic mass is 19.1. The lowest BCUT2D eigenvalue weighted by Crippen LogP contribution is -2.64.